The van der Waals surface area contributed by atoms with Gasteiger partial charge in [0.05, 0.1) is 13.5 Å². The lowest BCUT2D eigenvalue weighted by Crippen LogP contribution is -2.06. The van der Waals surface area contributed by atoms with E-state index in [4.69, 9.17) is 4.74 Å². The molecule has 0 aliphatic heterocycles. The highest BCUT2D eigenvalue weighted by Gasteiger charge is 2.08. The van der Waals surface area contributed by atoms with Gasteiger partial charge in [-0.1, -0.05) is 36.0 Å². The minimum absolute atomic E-state index is 0.228. The van der Waals surface area contributed by atoms with Gasteiger partial charge in [0.15, 0.2) is 5.16 Å². The van der Waals surface area contributed by atoms with Crippen LogP contribution in [0.1, 0.15) is 16.8 Å². The average molecular weight is 288 g/mol. The lowest BCUT2D eigenvalue weighted by molar-refractivity contribution is -0.139. The number of methoxy groups -OCH3 is 1. The van der Waals surface area contributed by atoms with Crippen molar-refractivity contribution >= 4 is 17.7 Å². The molecule has 1 aromatic heterocycles. The second-order valence-electron chi connectivity index (χ2n) is 4.29. The molecule has 0 amide bonds. The van der Waals surface area contributed by atoms with Gasteiger partial charge in [0, 0.05) is 17.6 Å². The molecule has 1 heterocycles. The van der Waals surface area contributed by atoms with Crippen molar-refractivity contribution in [2.75, 3.05) is 7.11 Å². The predicted molar refractivity (Wildman–Crippen MR) is 78.5 cm³/mol. The largest absolute Gasteiger partial charge is 0.469 e. The lowest BCUT2D eigenvalue weighted by Gasteiger charge is -2.08. The number of rotatable bonds is 5. The van der Waals surface area contributed by atoms with E-state index in [0.29, 0.717) is 6.42 Å². The summed E-state index contributed by atoms with van der Waals surface area (Å²) in [5, 5.41) is 0.748. The number of esters is 1. The zero-order chi connectivity index (χ0) is 14.4. The quantitative estimate of drug-likeness (QED) is 0.481. The molecule has 0 unspecified atom stereocenters. The van der Waals surface area contributed by atoms with E-state index >= 15 is 0 Å². The number of hydrogen-bond acceptors (Lipinski definition) is 5. The number of thioether (sulfide) groups is 1. The minimum atomic E-state index is -0.228. The Morgan fingerprint density at radius 3 is 2.70 bits per heavy atom. The first-order valence-corrected chi connectivity index (χ1v) is 7.23. The first kappa shape index (κ1) is 14.5. The highest BCUT2D eigenvalue weighted by molar-refractivity contribution is 7.98. The van der Waals surface area contributed by atoms with Crippen molar-refractivity contribution in [1.29, 1.82) is 0 Å². The molecular weight excluding hydrogens is 272 g/mol. The van der Waals surface area contributed by atoms with Gasteiger partial charge in [0.1, 0.15) is 0 Å². The topological polar surface area (TPSA) is 52.1 Å². The summed E-state index contributed by atoms with van der Waals surface area (Å²) >= 11 is 1.56. The van der Waals surface area contributed by atoms with Crippen LogP contribution >= 0.6 is 11.8 Å². The van der Waals surface area contributed by atoms with Gasteiger partial charge in [0.25, 0.3) is 0 Å². The van der Waals surface area contributed by atoms with Crippen LogP contribution < -0.4 is 0 Å². The summed E-state index contributed by atoms with van der Waals surface area (Å²) in [6.07, 6.45) is 2.05. The molecular formula is C15H16N2O2S. The van der Waals surface area contributed by atoms with Crippen LogP contribution in [0.15, 0.2) is 41.7 Å². The molecule has 0 bridgehead atoms. The molecule has 0 saturated heterocycles. The molecule has 5 heteroatoms. The van der Waals surface area contributed by atoms with Gasteiger partial charge in [-0.25, -0.2) is 9.97 Å². The van der Waals surface area contributed by atoms with Crippen LogP contribution in [-0.2, 0) is 21.7 Å². The SMILES string of the molecule is COC(=O)Cc1ccccc1CSc1nccc(C)n1. The van der Waals surface area contributed by atoms with Crippen molar-refractivity contribution in [2.24, 2.45) is 0 Å². The van der Waals surface area contributed by atoms with Crippen molar-refractivity contribution in [2.45, 2.75) is 24.3 Å². The third-order valence-corrected chi connectivity index (χ3v) is 3.72. The zero-order valence-corrected chi connectivity index (χ0v) is 12.3. The molecule has 0 spiro atoms. The van der Waals surface area contributed by atoms with E-state index in [0.717, 1.165) is 27.7 Å². The van der Waals surface area contributed by atoms with Crippen molar-refractivity contribution in [3.05, 3.63) is 53.3 Å². The average Bonchev–Trinajstić information content (AvgIpc) is 2.46. The Bertz CT molecular complexity index is 602. The van der Waals surface area contributed by atoms with Crippen LogP contribution in [-0.4, -0.2) is 23.0 Å². The molecule has 0 aliphatic rings. The van der Waals surface area contributed by atoms with Gasteiger partial charge >= 0.3 is 5.97 Å². The van der Waals surface area contributed by atoms with Gasteiger partial charge in [-0.15, -0.1) is 0 Å². The van der Waals surface area contributed by atoms with Crippen molar-refractivity contribution in [1.82, 2.24) is 9.97 Å². The molecule has 0 saturated carbocycles. The van der Waals surface area contributed by atoms with Crippen LogP contribution in [0.2, 0.25) is 0 Å². The summed E-state index contributed by atoms with van der Waals surface area (Å²) in [5.41, 5.74) is 3.04. The Balaban J connectivity index is 2.07. The molecule has 0 fully saturated rings. The molecule has 2 rings (SSSR count). The van der Waals surface area contributed by atoms with E-state index in [2.05, 4.69) is 9.97 Å². The summed E-state index contributed by atoms with van der Waals surface area (Å²) < 4.78 is 4.72. The molecule has 4 nitrogen and oxygen atoms in total. The molecule has 0 N–H and O–H groups in total. The maximum Gasteiger partial charge on any atom is 0.309 e. The second-order valence-corrected chi connectivity index (χ2v) is 5.23. The summed E-state index contributed by atoms with van der Waals surface area (Å²) in [7, 11) is 1.40. The number of benzene rings is 1. The summed E-state index contributed by atoms with van der Waals surface area (Å²) in [6, 6.07) is 9.73. The van der Waals surface area contributed by atoms with Crippen LogP contribution in [0.5, 0.6) is 0 Å². The number of hydrogen-bond donors (Lipinski definition) is 0. The molecule has 0 radical (unpaired) electrons. The van der Waals surface area contributed by atoms with Gasteiger partial charge < -0.3 is 4.74 Å². The Labute approximate surface area is 122 Å². The Morgan fingerprint density at radius 1 is 1.25 bits per heavy atom. The Hall–Kier alpha value is -1.88. The van der Waals surface area contributed by atoms with E-state index in [-0.39, 0.29) is 5.97 Å². The minimum Gasteiger partial charge on any atom is -0.469 e. The van der Waals surface area contributed by atoms with E-state index in [1.807, 2.05) is 37.3 Å². The standard InChI is InChI=1S/C15H16N2O2S/c1-11-7-8-16-15(17-11)20-10-13-6-4-3-5-12(13)9-14(18)19-2/h3-8H,9-10H2,1-2H3. The number of carbonyl (C=O) groups is 1. The second kappa shape index (κ2) is 7.05. The number of nitrogens with zero attached hydrogens (tertiary/aromatic N) is 2. The normalized spacial score (nSPS) is 10.3. The van der Waals surface area contributed by atoms with Crippen LogP contribution in [0, 0.1) is 6.92 Å². The van der Waals surface area contributed by atoms with Gasteiger partial charge in [-0.2, -0.15) is 0 Å². The third kappa shape index (κ3) is 4.06. The van der Waals surface area contributed by atoms with Gasteiger partial charge in [-0.05, 0) is 24.1 Å². The maximum atomic E-state index is 11.4. The first-order chi connectivity index (χ1) is 9.69. The third-order valence-electron chi connectivity index (χ3n) is 2.81. The van der Waals surface area contributed by atoms with Gasteiger partial charge in [-0.3, -0.25) is 4.79 Å². The highest BCUT2D eigenvalue weighted by atomic mass is 32.2. The summed E-state index contributed by atoms with van der Waals surface area (Å²) in [5.74, 6) is 0.505. The molecule has 1 aromatic carbocycles. The monoisotopic (exact) mass is 288 g/mol. The molecule has 2 aromatic rings. The molecule has 0 aliphatic carbocycles. The predicted octanol–water partition coefficient (Wildman–Crippen LogP) is 2.79. The van der Waals surface area contributed by atoms with Crippen molar-refractivity contribution in [3.8, 4) is 0 Å². The summed E-state index contributed by atoms with van der Waals surface area (Å²) in [6.45, 7) is 1.94. The van der Waals surface area contributed by atoms with Gasteiger partial charge in [0.2, 0.25) is 0 Å². The molecule has 20 heavy (non-hydrogen) atoms. The fraction of sp³-hybridized carbons (Fsp3) is 0.267. The molecule has 0 atom stereocenters. The smallest absolute Gasteiger partial charge is 0.309 e. The number of aromatic nitrogens is 2. The highest BCUT2D eigenvalue weighted by Crippen LogP contribution is 2.22. The lowest BCUT2D eigenvalue weighted by atomic mass is 10.1. The van der Waals surface area contributed by atoms with E-state index in [1.54, 1.807) is 18.0 Å². The maximum absolute atomic E-state index is 11.4. The van der Waals surface area contributed by atoms with Crippen molar-refractivity contribution < 1.29 is 9.53 Å². The van der Waals surface area contributed by atoms with E-state index in [9.17, 15) is 4.79 Å². The Kier molecular flexibility index (Phi) is 5.12. The zero-order valence-electron chi connectivity index (χ0n) is 11.5. The Morgan fingerprint density at radius 2 is 2.00 bits per heavy atom. The van der Waals surface area contributed by atoms with Crippen LogP contribution in [0.4, 0.5) is 0 Å². The van der Waals surface area contributed by atoms with E-state index < -0.39 is 0 Å². The number of carbonyl (C=O) groups excluding carboxylic acids is 1. The summed E-state index contributed by atoms with van der Waals surface area (Å²) in [4.78, 5) is 20.0. The van der Waals surface area contributed by atoms with Crippen LogP contribution in [0.3, 0.4) is 0 Å². The van der Waals surface area contributed by atoms with Crippen molar-refractivity contribution in [3.63, 3.8) is 0 Å². The number of aryl methyl sites for hydroxylation is 1. The molecule has 104 valence electrons. The van der Waals surface area contributed by atoms with E-state index in [1.165, 1.54) is 7.11 Å². The van der Waals surface area contributed by atoms with Crippen LogP contribution in [0.25, 0.3) is 0 Å². The fourth-order valence-corrected chi connectivity index (χ4v) is 2.65. The number of ether oxygens (including phenoxy) is 1. The first-order valence-electron chi connectivity index (χ1n) is 6.25. The fourth-order valence-electron chi connectivity index (χ4n) is 1.74.